The first-order valence-electron chi connectivity index (χ1n) is 8.51. The van der Waals surface area contributed by atoms with Gasteiger partial charge in [0.25, 0.3) is 0 Å². The molecule has 26 heavy (non-hydrogen) atoms. The van der Waals surface area contributed by atoms with Crippen LogP contribution in [-0.2, 0) is 0 Å². The number of thioether (sulfide) groups is 1. The second-order valence-corrected chi connectivity index (χ2v) is 7.38. The second-order valence-electron chi connectivity index (χ2n) is 6.23. The predicted octanol–water partition coefficient (Wildman–Crippen LogP) is 6.38. The van der Waals surface area contributed by atoms with Crippen LogP contribution in [0.1, 0.15) is 16.6 Å². The largest absolute Gasteiger partial charge is 0.497 e. The molecule has 5 rings (SSSR count). The molecule has 0 saturated heterocycles. The molecule has 0 amide bonds. The first-order valence-corrected chi connectivity index (χ1v) is 9.39. The van der Waals surface area contributed by atoms with Crippen molar-refractivity contribution in [3.63, 3.8) is 0 Å². The first kappa shape index (κ1) is 15.4. The number of methoxy groups -OCH3 is 1. The summed E-state index contributed by atoms with van der Waals surface area (Å²) in [5.74, 6) is 1.81. The SMILES string of the molecule is COc1ccc(C2Sc3ccccc3Nc3c2oc2ccccc32)cc1. The molecular weight excluding hydrogens is 342 g/mol. The van der Waals surface area contributed by atoms with Crippen molar-refractivity contribution in [3.05, 3.63) is 84.1 Å². The van der Waals surface area contributed by atoms with Gasteiger partial charge in [0.2, 0.25) is 0 Å². The molecule has 1 N–H and O–H groups in total. The van der Waals surface area contributed by atoms with E-state index in [2.05, 4.69) is 47.8 Å². The van der Waals surface area contributed by atoms with E-state index in [9.17, 15) is 0 Å². The summed E-state index contributed by atoms with van der Waals surface area (Å²) >= 11 is 1.81. The van der Waals surface area contributed by atoms with Gasteiger partial charge in [0.1, 0.15) is 17.1 Å². The van der Waals surface area contributed by atoms with Crippen molar-refractivity contribution in [2.45, 2.75) is 10.1 Å². The maximum atomic E-state index is 6.31. The van der Waals surface area contributed by atoms with E-state index >= 15 is 0 Å². The molecule has 1 atom stereocenters. The lowest BCUT2D eigenvalue weighted by atomic mass is 10.1. The van der Waals surface area contributed by atoms with E-state index in [-0.39, 0.29) is 5.25 Å². The third-order valence-electron chi connectivity index (χ3n) is 4.67. The van der Waals surface area contributed by atoms with Gasteiger partial charge in [0.15, 0.2) is 0 Å². The molecule has 2 heterocycles. The molecule has 4 aromatic rings. The van der Waals surface area contributed by atoms with Crippen LogP contribution in [0.3, 0.4) is 0 Å². The zero-order valence-electron chi connectivity index (χ0n) is 14.2. The van der Waals surface area contributed by atoms with E-state index in [1.807, 2.05) is 30.3 Å². The van der Waals surface area contributed by atoms with Gasteiger partial charge in [-0.05, 0) is 42.0 Å². The van der Waals surface area contributed by atoms with Crippen molar-refractivity contribution in [1.82, 2.24) is 0 Å². The number of benzene rings is 3. The summed E-state index contributed by atoms with van der Waals surface area (Å²) in [6, 6.07) is 24.8. The molecular formula is C22H17NO2S. The van der Waals surface area contributed by atoms with Gasteiger partial charge in [-0.1, -0.05) is 36.4 Å². The van der Waals surface area contributed by atoms with Crippen LogP contribution in [0.4, 0.5) is 11.4 Å². The van der Waals surface area contributed by atoms with E-state index < -0.39 is 0 Å². The van der Waals surface area contributed by atoms with Crippen molar-refractivity contribution < 1.29 is 9.15 Å². The number of para-hydroxylation sites is 2. The van der Waals surface area contributed by atoms with Crippen LogP contribution in [0.25, 0.3) is 11.0 Å². The zero-order valence-corrected chi connectivity index (χ0v) is 15.0. The highest BCUT2D eigenvalue weighted by Crippen LogP contribution is 2.52. The van der Waals surface area contributed by atoms with Crippen LogP contribution in [-0.4, -0.2) is 7.11 Å². The van der Waals surface area contributed by atoms with E-state index in [0.717, 1.165) is 33.9 Å². The Morgan fingerprint density at radius 2 is 1.69 bits per heavy atom. The highest BCUT2D eigenvalue weighted by atomic mass is 32.2. The molecule has 0 spiro atoms. The first-order chi connectivity index (χ1) is 12.8. The molecule has 1 aromatic heterocycles. The Bertz CT molecular complexity index is 1080. The van der Waals surface area contributed by atoms with E-state index in [1.54, 1.807) is 18.9 Å². The van der Waals surface area contributed by atoms with Gasteiger partial charge in [-0.3, -0.25) is 0 Å². The summed E-state index contributed by atoms with van der Waals surface area (Å²) in [7, 11) is 1.69. The monoisotopic (exact) mass is 359 g/mol. The molecule has 0 fully saturated rings. The molecule has 0 saturated carbocycles. The molecule has 1 aliphatic rings. The molecule has 128 valence electrons. The van der Waals surface area contributed by atoms with Gasteiger partial charge in [-0.2, -0.15) is 0 Å². The van der Waals surface area contributed by atoms with Crippen molar-refractivity contribution >= 4 is 34.1 Å². The normalized spacial score (nSPS) is 15.7. The highest BCUT2D eigenvalue weighted by molar-refractivity contribution is 8.00. The van der Waals surface area contributed by atoms with E-state index in [0.29, 0.717) is 0 Å². The Labute approximate surface area is 156 Å². The Kier molecular flexibility index (Phi) is 3.64. The predicted molar refractivity (Wildman–Crippen MR) is 107 cm³/mol. The fourth-order valence-electron chi connectivity index (χ4n) is 3.36. The highest BCUT2D eigenvalue weighted by Gasteiger charge is 2.29. The summed E-state index contributed by atoms with van der Waals surface area (Å²) in [5.41, 5.74) is 4.26. The third-order valence-corrected chi connectivity index (χ3v) is 6.00. The third kappa shape index (κ3) is 2.45. The summed E-state index contributed by atoms with van der Waals surface area (Å²) in [6.45, 7) is 0. The molecule has 1 aliphatic heterocycles. The van der Waals surface area contributed by atoms with E-state index in [1.165, 1.54) is 10.5 Å². The standard InChI is InChI=1S/C22H17NO2S/c1-24-15-12-10-14(11-13-15)22-21-20(16-6-2-4-8-18(16)25-21)23-17-7-3-5-9-19(17)26-22/h2-13,22-23H,1H3. The topological polar surface area (TPSA) is 34.4 Å². The second kappa shape index (κ2) is 6.15. The molecule has 0 radical (unpaired) electrons. The fourth-order valence-corrected chi connectivity index (χ4v) is 4.59. The minimum atomic E-state index is 0.0689. The smallest absolute Gasteiger partial charge is 0.146 e. The van der Waals surface area contributed by atoms with Crippen LogP contribution < -0.4 is 10.1 Å². The summed E-state index contributed by atoms with van der Waals surface area (Å²) < 4.78 is 11.6. The van der Waals surface area contributed by atoms with Crippen molar-refractivity contribution in [2.24, 2.45) is 0 Å². The Balaban J connectivity index is 1.73. The molecule has 4 heteroatoms. The zero-order chi connectivity index (χ0) is 17.5. The average Bonchev–Trinajstić information content (AvgIpc) is 2.97. The summed E-state index contributed by atoms with van der Waals surface area (Å²) in [4.78, 5) is 1.21. The molecule has 3 aromatic carbocycles. The van der Waals surface area contributed by atoms with Crippen molar-refractivity contribution in [1.29, 1.82) is 0 Å². The molecule has 1 unspecified atom stereocenters. The van der Waals surface area contributed by atoms with Gasteiger partial charge >= 0.3 is 0 Å². The Hall–Kier alpha value is -2.85. The number of furan rings is 1. The van der Waals surface area contributed by atoms with Crippen LogP contribution in [0.15, 0.2) is 82.1 Å². The van der Waals surface area contributed by atoms with Crippen LogP contribution in [0.5, 0.6) is 5.75 Å². The van der Waals surface area contributed by atoms with Crippen LogP contribution in [0.2, 0.25) is 0 Å². The number of rotatable bonds is 2. The molecule has 0 bridgehead atoms. The number of anilines is 2. The number of nitrogens with one attached hydrogen (secondary N) is 1. The number of hydrogen-bond acceptors (Lipinski definition) is 4. The number of ether oxygens (including phenoxy) is 1. The van der Waals surface area contributed by atoms with Crippen LogP contribution in [0, 0.1) is 0 Å². The summed E-state index contributed by atoms with van der Waals surface area (Å²) in [6.07, 6.45) is 0. The van der Waals surface area contributed by atoms with Crippen LogP contribution >= 0.6 is 11.8 Å². The van der Waals surface area contributed by atoms with E-state index in [4.69, 9.17) is 9.15 Å². The lowest BCUT2D eigenvalue weighted by Gasteiger charge is -2.14. The van der Waals surface area contributed by atoms with Gasteiger partial charge in [-0.15, -0.1) is 11.8 Å². The van der Waals surface area contributed by atoms with Gasteiger partial charge in [0.05, 0.1) is 23.7 Å². The maximum absolute atomic E-state index is 6.31. The van der Waals surface area contributed by atoms with Crippen molar-refractivity contribution in [3.8, 4) is 5.75 Å². The lowest BCUT2D eigenvalue weighted by molar-refractivity contribution is 0.414. The Morgan fingerprint density at radius 3 is 2.54 bits per heavy atom. The number of hydrogen-bond donors (Lipinski definition) is 1. The number of fused-ring (bicyclic) bond motifs is 4. The maximum Gasteiger partial charge on any atom is 0.146 e. The van der Waals surface area contributed by atoms with Crippen molar-refractivity contribution in [2.75, 3.05) is 12.4 Å². The molecule has 3 nitrogen and oxygen atoms in total. The van der Waals surface area contributed by atoms with Gasteiger partial charge in [-0.25, -0.2) is 0 Å². The fraction of sp³-hybridized carbons (Fsp3) is 0.0909. The quantitative estimate of drug-likeness (QED) is 0.450. The minimum absolute atomic E-state index is 0.0689. The summed E-state index contributed by atoms with van der Waals surface area (Å²) in [5, 5.41) is 4.79. The Morgan fingerprint density at radius 1 is 0.923 bits per heavy atom. The van der Waals surface area contributed by atoms with Gasteiger partial charge < -0.3 is 14.5 Å². The lowest BCUT2D eigenvalue weighted by Crippen LogP contribution is -1.96. The average molecular weight is 359 g/mol. The molecule has 0 aliphatic carbocycles. The minimum Gasteiger partial charge on any atom is -0.497 e. The van der Waals surface area contributed by atoms with Gasteiger partial charge in [0, 0.05) is 10.3 Å².